The molecule has 1 amide bonds. The van der Waals surface area contributed by atoms with Crippen molar-refractivity contribution < 1.29 is 9.90 Å². The van der Waals surface area contributed by atoms with E-state index in [1.807, 2.05) is 25.1 Å². The lowest BCUT2D eigenvalue weighted by Crippen LogP contribution is -2.30. The Bertz CT molecular complexity index is 485. The van der Waals surface area contributed by atoms with Crippen LogP contribution in [-0.2, 0) is 0 Å². The SMILES string of the molecule is CC=NCC(C)CCN1C(=O)c2ccccc2[C@@H]1O. The smallest absolute Gasteiger partial charge is 0.256 e. The Hall–Kier alpha value is -1.68. The molecule has 0 aliphatic carbocycles. The van der Waals surface area contributed by atoms with Gasteiger partial charge in [-0.3, -0.25) is 9.79 Å². The van der Waals surface area contributed by atoms with Crippen LogP contribution in [-0.4, -0.2) is 35.2 Å². The number of aliphatic hydroxyl groups excluding tert-OH is 1. The van der Waals surface area contributed by atoms with Crippen LogP contribution >= 0.6 is 0 Å². The quantitative estimate of drug-likeness (QED) is 0.825. The van der Waals surface area contributed by atoms with E-state index in [1.54, 1.807) is 12.3 Å². The fourth-order valence-corrected chi connectivity index (χ4v) is 2.31. The number of hydrogen-bond acceptors (Lipinski definition) is 3. The maximum absolute atomic E-state index is 12.2. The Morgan fingerprint density at radius 3 is 2.89 bits per heavy atom. The van der Waals surface area contributed by atoms with Gasteiger partial charge in [-0.1, -0.05) is 25.1 Å². The zero-order valence-corrected chi connectivity index (χ0v) is 11.4. The van der Waals surface area contributed by atoms with Crippen molar-refractivity contribution in [2.24, 2.45) is 10.9 Å². The summed E-state index contributed by atoms with van der Waals surface area (Å²) in [4.78, 5) is 17.9. The summed E-state index contributed by atoms with van der Waals surface area (Å²) in [5.41, 5.74) is 1.33. The number of rotatable bonds is 5. The van der Waals surface area contributed by atoms with Crippen LogP contribution in [0.1, 0.15) is 42.4 Å². The maximum atomic E-state index is 12.2. The standard InChI is InChI=1S/C15H20N2O2/c1-3-16-10-11(2)8-9-17-14(18)12-6-4-5-7-13(12)15(17)19/h3-7,11,14,18H,8-10H2,1-2H3/t11?,14-/m0/s1. The normalized spacial score (nSPS) is 20.1. The molecule has 0 bridgehead atoms. The van der Waals surface area contributed by atoms with Gasteiger partial charge in [-0.2, -0.15) is 0 Å². The highest BCUT2D eigenvalue weighted by Gasteiger charge is 2.34. The molecule has 1 heterocycles. The Morgan fingerprint density at radius 1 is 1.47 bits per heavy atom. The molecule has 102 valence electrons. The van der Waals surface area contributed by atoms with Crippen LogP contribution in [0.5, 0.6) is 0 Å². The molecule has 1 aromatic carbocycles. The van der Waals surface area contributed by atoms with Gasteiger partial charge in [0.2, 0.25) is 0 Å². The third-order valence-electron chi connectivity index (χ3n) is 3.49. The van der Waals surface area contributed by atoms with E-state index in [-0.39, 0.29) is 5.91 Å². The summed E-state index contributed by atoms with van der Waals surface area (Å²) in [6.45, 7) is 5.33. The van der Waals surface area contributed by atoms with E-state index in [2.05, 4.69) is 11.9 Å². The minimum atomic E-state index is -0.800. The lowest BCUT2D eigenvalue weighted by molar-refractivity contribution is 0.0158. The van der Waals surface area contributed by atoms with Gasteiger partial charge in [-0.05, 0) is 31.5 Å². The van der Waals surface area contributed by atoms with Gasteiger partial charge in [0.05, 0.1) is 0 Å². The third kappa shape index (κ3) is 2.84. The lowest BCUT2D eigenvalue weighted by Gasteiger charge is -2.22. The first-order valence-electron chi connectivity index (χ1n) is 6.67. The van der Waals surface area contributed by atoms with Crippen molar-refractivity contribution in [3.05, 3.63) is 35.4 Å². The van der Waals surface area contributed by atoms with E-state index >= 15 is 0 Å². The molecule has 1 unspecified atom stereocenters. The molecular formula is C15H20N2O2. The van der Waals surface area contributed by atoms with Gasteiger partial charge in [0.1, 0.15) is 0 Å². The number of aliphatic hydroxyl groups is 1. The predicted molar refractivity (Wildman–Crippen MR) is 75.3 cm³/mol. The van der Waals surface area contributed by atoms with Gasteiger partial charge in [-0.15, -0.1) is 0 Å². The van der Waals surface area contributed by atoms with Crippen molar-refractivity contribution in [1.29, 1.82) is 0 Å². The zero-order chi connectivity index (χ0) is 13.8. The molecule has 4 nitrogen and oxygen atoms in total. The molecular weight excluding hydrogens is 240 g/mol. The van der Waals surface area contributed by atoms with Gasteiger partial charge in [-0.25, -0.2) is 0 Å². The highest BCUT2D eigenvalue weighted by molar-refractivity contribution is 5.98. The summed E-state index contributed by atoms with van der Waals surface area (Å²) in [7, 11) is 0. The highest BCUT2D eigenvalue weighted by Crippen LogP contribution is 2.31. The zero-order valence-electron chi connectivity index (χ0n) is 11.4. The summed E-state index contributed by atoms with van der Waals surface area (Å²) >= 11 is 0. The van der Waals surface area contributed by atoms with Crippen molar-refractivity contribution in [2.45, 2.75) is 26.5 Å². The number of fused-ring (bicyclic) bond motifs is 1. The monoisotopic (exact) mass is 260 g/mol. The first kappa shape index (κ1) is 13.7. The number of carbonyl (C=O) groups is 1. The van der Waals surface area contributed by atoms with E-state index in [9.17, 15) is 9.90 Å². The van der Waals surface area contributed by atoms with Crippen molar-refractivity contribution >= 4 is 12.1 Å². The molecule has 0 fully saturated rings. The molecule has 1 aliphatic heterocycles. The molecule has 2 atom stereocenters. The number of hydrogen-bond donors (Lipinski definition) is 1. The summed E-state index contributed by atoms with van der Waals surface area (Å²) in [6, 6.07) is 7.25. The van der Waals surface area contributed by atoms with Gasteiger partial charge in [0.15, 0.2) is 6.23 Å². The molecule has 4 heteroatoms. The Kier molecular flexibility index (Phi) is 4.32. The number of benzene rings is 1. The van der Waals surface area contributed by atoms with Crippen LogP contribution in [0.4, 0.5) is 0 Å². The summed E-state index contributed by atoms with van der Waals surface area (Å²) in [6.07, 6.45) is 1.83. The van der Waals surface area contributed by atoms with Crippen LogP contribution < -0.4 is 0 Å². The first-order valence-corrected chi connectivity index (χ1v) is 6.67. The molecule has 1 aliphatic rings. The second-order valence-electron chi connectivity index (χ2n) is 4.98. The van der Waals surface area contributed by atoms with E-state index in [0.29, 0.717) is 23.6 Å². The number of amides is 1. The lowest BCUT2D eigenvalue weighted by atomic mass is 10.1. The molecule has 1 N–H and O–H groups in total. The molecule has 0 aromatic heterocycles. The Balaban J connectivity index is 1.98. The van der Waals surface area contributed by atoms with Crippen LogP contribution in [0, 0.1) is 5.92 Å². The van der Waals surface area contributed by atoms with Crippen LogP contribution in [0.25, 0.3) is 0 Å². The average molecular weight is 260 g/mol. The average Bonchev–Trinajstić information content (AvgIpc) is 2.67. The highest BCUT2D eigenvalue weighted by atomic mass is 16.3. The fourth-order valence-electron chi connectivity index (χ4n) is 2.31. The van der Waals surface area contributed by atoms with Crippen LogP contribution in [0.2, 0.25) is 0 Å². The Morgan fingerprint density at radius 2 is 2.21 bits per heavy atom. The third-order valence-corrected chi connectivity index (χ3v) is 3.49. The second kappa shape index (κ2) is 5.97. The summed E-state index contributed by atoms with van der Waals surface area (Å²) in [5.74, 6) is 0.328. The molecule has 19 heavy (non-hydrogen) atoms. The minimum Gasteiger partial charge on any atom is -0.369 e. The molecule has 0 saturated heterocycles. The minimum absolute atomic E-state index is 0.0747. The van der Waals surface area contributed by atoms with E-state index in [1.165, 1.54) is 4.90 Å². The van der Waals surface area contributed by atoms with E-state index in [4.69, 9.17) is 0 Å². The number of carbonyl (C=O) groups excluding carboxylic acids is 1. The molecule has 0 saturated carbocycles. The molecule has 2 rings (SSSR count). The Labute approximate surface area is 113 Å². The van der Waals surface area contributed by atoms with E-state index < -0.39 is 6.23 Å². The van der Waals surface area contributed by atoms with E-state index in [0.717, 1.165) is 13.0 Å². The molecule has 0 spiro atoms. The predicted octanol–water partition coefficient (Wildman–Crippen LogP) is 2.25. The van der Waals surface area contributed by atoms with Crippen LogP contribution in [0.15, 0.2) is 29.3 Å². The van der Waals surface area contributed by atoms with Crippen molar-refractivity contribution in [3.8, 4) is 0 Å². The van der Waals surface area contributed by atoms with Crippen molar-refractivity contribution in [1.82, 2.24) is 4.90 Å². The van der Waals surface area contributed by atoms with Crippen molar-refractivity contribution in [3.63, 3.8) is 0 Å². The van der Waals surface area contributed by atoms with Crippen molar-refractivity contribution in [2.75, 3.05) is 13.1 Å². The second-order valence-corrected chi connectivity index (χ2v) is 4.98. The first-order chi connectivity index (χ1) is 9.15. The largest absolute Gasteiger partial charge is 0.369 e. The molecule has 0 radical (unpaired) electrons. The number of nitrogens with zero attached hydrogens (tertiary/aromatic N) is 2. The van der Waals surface area contributed by atoms with Gasteiger partial charge < -0.3 is 10.0 Å². The maximum Gasteiger partial charge on any atom is 0.256 e. The topological polar surface area (TPSA) is 52.9 Å². The number of aliphatic imine (C=N–C) groups is 1. The van der Waals surface area contributed by atoms with Crippen LogP contribution in [0.3, 0.4) is 0 Å². The summed E-state index contributed by atoms with van der Waals surface area (Å²) < 4.78 is 0. The summed E-state index contributed by atoms with van der Waals surface area (Å²) in [5, 5.41) is 10.2. The van der Waals surface area contributed by atoms with Gasteiger partial charge in [0.25, 0.3) is 5.91 Å². The molecule has 1 aromatic rings. The van der Waals surface area contributed by atoms with Gasteiger partial charge >= 0.3 is 0 Å². The van der Waals surface area contributed by atoms with Gasteiger partial charge in [0, 0.05) is 24.2 Å². The fraction of sp³-hybridized carbons (Fsp3) is 0.467.